The molecule has 1 aromatic rings. The molecule has 0 radical (unpaired) electrons. The van der Waals surface area contributed by atoms with Crippen molar-refractivity contribution in [3.63, 3.8) is 0 Å². The number of aliphatic hydroxyl groups excluding tert-OH is 1. The quantitative estimate of drug-likeness (QED) is 0.818. The molecule has 0 aromatic heterocycles. The van der Waals surface area contributed by atoms with Gasteiger partial charge in [-0.3, -0.25) is 4.90 Å². The van der Waals surface area contributed by atoms with Crippen molar-refractivity contribution in [3.05, 3.63) is 59.7 Å². The minimum absolute atomic E-state index is 0.167. The lowest BCUT2D eigenvalue weighted by molar-refractivity contribution is -0.0162. The molecule has 0 saturated carbocycles. The van der Waals surface area contributed by atoms with Crippen molar-refractivity contribution < 1.29 is 5.11 Å². The fraction of sp³-hybridized carbons (Fsp3) is 0.412. The Bertz CT molecular complexity index is 444. The molecule has 2 rings (SSSR count). The highest BCUT2D eigenvalue weighted by Crippen LogP contribution is 2.33. The lowest BCUT2D eigenvalue weighted by atomic mass is 9.93. The molecular formula is C17H23NO. The van der Waals surface area contributed by atoms with Gasteiger partial charge >= 0.3 is 0 Å². The Balaban J connectivity index is 2.26. The van der Waals surface area contributed by atoms with E-state index in [1.54, 1.807) is 0 Å². The fourth-order valence-electron chi connectivity index (χ4n) is 2.55. The van der Waals surface area contributed by atoms with Gasteiger partial charge in [-0.05, 0) is 24.5 Å². The Morgan fingerprint density at radius 3 is 2.58 bits per heavy atom. The maximum Gasteiger partial charge on any atom is 0.0794 e. The van der Waals surface area contributed by atoms with Gasteiger partial charge in [0.2, 0.25) is 0 Å². The molecule has 1 aromatic carbocycles. The summed E-state index contributed by atoms with van der Waals surface area (Å²) in [5, 5.41) is 9.57. The second-order valence-corrected chi connectivity index (χ2v) is 5.02. The number of aliphatic hydroxyl groups is 1. The van der Waals surface area contributed by atoms with Crippen LogP contribution in [0.5, 0.6) is 0 Å². The fourth-order valence-corrected chi connectivity index (χ4v) is 2.55. The van der Waals surface area contributed by atoms with Crippen LogP contribution < -0.4 is 0 Å². The Labute approximate surface area is 116 Å². The van der Waals surface area contributed by atoms with Crippen LogP contribution in [-0.2, 0) is 0 Å². The van der Waals surface area contributed by atoms with Crippen molar-refractivity contribution in [2.45, 2.75) is 32.4 Å². The first-order chi connectivity index (χ1) is 9.26. The lowest BCUT2D eigenvalue weighted by Crippen LogP contribution is -2.52. The van der Waals surface area contributed by atoms with E-state index >= 15 is 0 Å². The van der Waals surface area contributed by atoms with Crippen LogP contribution in [0.4, 0.5) is 0 Å². The number of likely N-dealkylation sites (tertiary alicyclic amines) is 1. The molecule has 1 aliphatic rings. The third-order valence-corrected chi connectivity index (χ3v) is 3.57. The van der Waals surface area contributed by atoms with Gasteiger partial charge in [0, 0.05) is 13.1 Å². The molecule has 19 heavy (non-hydrogen) atoms. The Morgan fingerprint density at radius 2 is 2.05 bits per heavy atom. The van der Waals surface area contributed by atoms with Crippen molar-refractivity contribution in [1.29, 1.82) is 0 Å². The summed E-state index contributed by atoms with van der Waals surface area (Å²) in [4.78, 5) is 2.33. The van der Waals surface area contributed by atoms with Crippen LogP contribution >= 0.6 is 0 Å². The summed E-state index contributed by atoms with van der Waals surface area (Å²) in [6.45, 7) is 5.75. The van der Waals surface area contributed by atoms with E-state index in [9.17, 15) is 5.11 Å². The lowest BCUT2D eigenvalue weighted by Gasteiger charge is -2.42. The first-order valence-corrected chi connectivity index (χ1v) is 7.06. The summed E-state index contributed by atoms with van der Waals surface area (Å²) in [6, 6.07) is 10.8. The number of nitrogens with zero attached hydrogens (tertiary/aromatic N) is 1. The SMILES string of the molecule is C/C=C(\C=C/CC)C(c1ccccc1)N1CC(O)C1. The van der Waals surface area contributed by atoms with E-state index < -0.39 is 0 Å². The maximum atomic E-state index is 9.57. The normalized spacial score (nSPS) is 19.6. The van der Waals surface area contributed by atoms with Gasteiger partial charge < -0.3 is 5.11 Å². The van der Waals surface area contributed by atoms with E-state index in [4.69, 9.17) is 0 Å². The minimum atomic E-state index is -0.167. The predicted octanol–water partition coefficient (Wildman–Crippen LogP) is 3.32. The minimum Gasteiger partial charge on any atom is -0.390 e. The number of allylic oxidation sites excluding steroid dienone is 2. The van der Waals surface area contributed by atoms with Crippen molar-refractivity contribution in [3.8, 4) is 0 Å². The number of rotatable bonds is 5. The van der Waals surface area contributed by atoms with Crippen LogP contribution in [0.15, 0.2) is 54.1 Å². The van der Waals surface area contributed by atoms with E-state index in [0.717, 1.165) is 19.5 Å². The second kappa shape index (κ2) is 6.69. The summed E-state index contributed by atoms with van der Waals surface area (Å²) in [5.41, 5.74) is 2.60. The highest BCUT2D eigenvalue weighted by molar-refractivity contribution is 5.35. The summed E-state index contributed by atoms with van der Waals surface area (Å²) in [5.74, 6) is 0. The van der Waals surface area contributed by atoms with Crippen LogP contribution in [0.1, 0.15) is 31.9 Å². The molecule has 1 N–H and O–H groups in total. The van der Waals surface area contributed by atoms with Gasteiger partial charge in [0.15, 0.2) is 0 Å². The van der Waals surface area contributed by atoms with Crippen molar-refractivity contribution >= 4 is 0 Å². The van der Waals surface area contributed by atoms with Gasteiger partial charge in [-0.2, -0.15) is 0 Å². The number of benzene rings is 1. The molecule has 1 heterocycles. The van der Waals surface area contributed by atoms with Crippen LogP contribution in [0.3, 0.4) is 0 Å². The van der Waals surface area contributed by atoms with Crippen molar-refractivity contribution in [1.82, 2.24) is 4.90 Å². The first-order valence-electron chi connectivity index (χ1n) is 7.06. The Morgan fingerprint density at radius 1 is 1.37 bits per heavy atom. The van der Waals surface area contributed by atoms with E-state index in [1.165, 1.54) is 11.1 Å². The Kier molecular flexibility index (Phi) is 4.94. The smallest absolute Gasteiger partial charge is 0.0794 e. The maximum absolute atomic E-state index is 9.57. The highest BCUT2D eigenvalue weighted by atomic mass is 16.3. The van der Waals surface area contributed by atoms with Crippen LogP contribution in [-0.4, -0.2) is 29.2 Å². The zero-order valence-corrected chi connectivity index (χ0v) is 11.8. The number of hydrogen-bond acceptors (Lipinski definition) is 2. The third kappa shape index (κ3) is 3.34. The van der Waals surface area contributed by atoms with E-state index in [2.05, 4.69) is 61.2 Å². The van der Waals surface area contributed by atoms with Crippen LogP contribution in [0.2, 0.25) is 0 Å². The molecular weight excluding hydrogens is 234 g/mol. The van der Waals surface area contributed by atoms with Crippen LogP contribution in [0.25, 0.3) is 0 Å². The molecule has 0 spiro atoms. The summed E-state index contributed by atoms with van der Waals surface area (Å²) >= 11 is 0. The molecule has 1 fully saturated rings. The summed E-state index contributed by atoms with van der Waals surface area (Å²) in [6.07, 6.45) is 7.46. The largest absolute Gasteiger partial charge is 0.390 e. The molecule has 2 heteroatoms. The Hall–Kier alpha value is -1.38. The number of hydrogen-bond donors (Lipinski definition) is 1. The molecule has 0 aliphatic carbocycles. The monoisotopic (exact) mass is 257 g/mol. The number of β-amino-alcohol motifs (C(OH)–C–C–N with tert-alkyl or cyclic N) is 1. The van der Waals surface area contributed by atoms with Crippen molar-refractivity contribution in [2.75, 3.05) is 13.1 Å². The summed E-state index contributed by atoms with van der Waals surface area (Å²) < 4.78 is 0. The third-order valence-electron chi connectivity index (χ3n) is 3.57. The topological polar surface area (TPSA) is 23.5 Å². The van der Waals surface area contributed by atoms with Crippen LogP contribution in [0, 0.1) is 0 Å². The molecule has 1 aliphatic heterocycles. The van der Waals surface area contributed by atoms with Gasteiger partial charge in [-0.15, -0.1) is 0 Å². The molecule has 1 atom stereocenters. The first kappa shape index (κ1) is 14.0. The highest BCUT2D eigenvalue weighted by Gasteiger charge is 2.32. The van der Waals surface area contributed by atoms with Gasteiger partial charge in [0.05, 0.1) is 12.1 Å². The van der Waals surface area contributed by atoms with Crippen molar-refractivity contribution in [2.24, 2.45) is 0 Å². The van der Waals surface area contributed by atoms with E-state index in [1.807, 2.05) is 6.07 Å². The van der Waals surface area contributed by atoms with E-state index in [-0.39, 0.29) is 12.1 Å². The standard InChI is InChI=1S/C17H23NO/c1-3-5-9-14(4-2)17(18-12-16(19)13-18)15-10-7-6-8-11-15/h4-11,16-17,19H,3,12-13H2,1-2H3/b9-5-,14-4+. The molecule has 0 amide bonds. The molecule has 1 saturated heterocycles. The average Bonchev–Trinajstić information content (AvgIpc) is 2.42. The predicted molar refractivity (Wildman–Crippen MR) is 80.0 cm³/mol. The van der Waals surface area contributed by atoms with Gasteiger partial charge in [0.25, 0.3) is 0 Å². The molecule has 1 unspecified atom stereocenters. The molecule has 2 nitrogen and oxygen atoms in total. The van der Waals surface area contributed by atoms with Gasteiger partial charge in [0.1, 0.15) is 0 Å². The van der Waals surface area contributed by atoms with Gasteiger partial charge in [-0.1, -0.05) is 55.5 Å². The van der Waals surface area contributed by atoms with E-state index in [0.29, 0.717) is 0 Å². The second-order valence-electron chi connectivity index (χ2n) is 5.02. The zero-order valence-electron chi connectivity index (χ0n) is 11.8. The van der Waals surface area contributed by atoms with Gasteiger partial charge in [-0.25, -0.2) is 0 Å². The average molecular weight is 257 g/mol. The summed E-state index contributed by atoms with van der Waals surface area (Å²) in [7, 11) is 0. The molecule has 102 valence electrons. The molecule has 0 bridgehead atoms. The zero-order chi connectivity index (χ0) is 13.7.